The highest BCUT2D eigenvalue weighted by atomic mass is 35.5. The summed E-state index contributed by atoms with van der Waals surface area (Å²) >= 11 is 6.21. The Balaban J connectivity index is 1.28. The van der Waals surface area contributed by atoms with Crippen LogP contribution in [0.3, 0.4) is 0 Å². The average Bonchev–Trinajstić information content (AvgIpc) is 3.51. The Hall–Kier alpha value is -2.87. The molecule has 6 rings (SSSR count). The van der Waals surface area contributed by atoms with Gasteiger partial charge in [-0.15, -0.1) is 0 Å². The van der Waals surface area contributed by atoms with Crippen LogP contribution in [0.15, 0.2) is 35.4 Å². The van der Waals surface area contributed by atoms with E-state index in [0.29, 0.717) is 28.7 Å². The number of carboxylic acids is 1. The predicted octanol–water partition coefficient (Wildman–Crippen LogP) is 11.9. The van der Waals surface area contributed by atoms with Crippen molar-refractivity contribution in [2.75, 3.05) is 6.54 Å². The number of carbonyl (C=O) groups is 4. The van der Waals surface area contributed by atoms with Crippen molar-refractivity contribution in [1.82, 2.24) is 4.90 Å². The average molecular weight is 823 g/mol. The van der Waals surface area contributed by atoms with E-state index >= 15 is 4.79 Å². The van der Waals surface area contributed by atoms with Crippen LogP contribution in [0.4, 0.5) is 4.79 Å². The lowest BCUT2D eigenvalue weighted by atomic mass is 9.33. The summed E-state index contributed by atoms with van der Waals surface area (Å²) in [5.41, 5.74) is 1.15. The van der Waals surface area contributed by atoms with Crippen LogP contribution in [0.5, 0.6) is 0 Å². The van der Waals surface area contributed by atoms with E-state index in [0.717, 1.165) is 69.8 Å². The molecule has 4 fully saturated rings. The first-order chi connectivity index (χ1) is 26.7. The van der Waals surface area contributed by atoms with Crippen LogP contribution in [0.25, 0.3) is 0 Å². The fourth-order valence-electron chi connectivity index (χ4n) is 13.6. The number of ether oxygens (including phenoxy) is 2. The molecular formula is C49H72ClNO7. The number of allylic oxidation sites excluding steroid dienone is 2. The van der Waals surface area contributed by atoms with Gasteiger partial charge in [0, 0.05) is 17.0 Å². The molecule has 0 aliphatic heterocycles. The fraction of sp³-hybridized carbons (Fsp3) is 0.755. The lowest BCUT2D eigenvalue weighted by Crippen LogP contribution is -2.66. The maximum atomic E-state index is 15.2. The second kappa shape index (κ2) is 15.2. The largest absolute Gasteiger partial charge is 0.481 e. The Morgan fingerprint density at radius 3 is 2.10 bits per heavy atom. The van der Waals surface area contributed by atoms with E-state index < -0.39 is 34.5 Å². The van der Waals surface area contributed by atoms with Gasteiger partial charge in [-0.05, 0) is 156 Å². The first kappa shape index (κ1) is 44.7. The monoisotopic (exact) mass is 821 g/mol. The molecule has 0 aromatic heterocycles. The highest BCUT2D eigenvalue weighted by molar-refractivity contribution is 6.30. The van der Waals surface area contributed by atoms with Gasteiger partial charge in [0.25, 0.3) is 0 Å². The molecule has 1 aromatic carbocycles. The Labute approximate surface area is 353 Å². The van der Waals surface area contributed by atoms with Crippen LogP contribution >= 0.6 is 11.6 Å². The Morgan fingerprint density at radius 1 is 0.845 bits per heavy atom. The Kier molecular flexibility index (Phi) is 11.7. The number of Topliss-reactive ketones (excluding diaryl/α,β-unsaturated/α-hetero) is 1. The number of carboxylic acid groups (broad SMARTS) is 1. The first-order valence-corrected chi connectivity index (χ1v) is 22.5. The van der Waals surface area contributed by atoms with E-state index in [1.54, 1.807) is 18.7 Å². The van der Waals surface area contributed by atoms with Gasteiger partial charge in [-0.1, -0.05) is 83.3 Å². The number of benzene rings is 1. The van der Waals surface area contributed by atoms with Crippen LogP contribution in [0.2, 0.25) is 5.02 Å². The molecule has 0 saturated heterocycles. The molecule has 1 N–H and O–H groups in total. The molecule has 8 nitrogen and oxygen atoms in total. The molecular weight excluding hydrogens is 750 g/mol. The topological polar surface area (TPSA) is 110 Å². The molecule has 322 valence electrons. The minimum absolute atomic E-state index is 0.00246. The minimum atomic E-state index is -1.17. The quantitative estimate of drug-likeness (QED) is 0.185. The lowest BCUT2D eigenvalue weighted by molar-refractivity contribution is -0.233. The number of rotatable bonds is 10. The molecule has 58 heavy (non-hydrogen) atoms. The van der Waals surface area contributed by atoms with E-state index in [-0.39, 0.29) is 53.1 Å². The van der Waals surface area contributed by atoms with Gasteiger partial charge in [-0.2, -0.15) is 0 Å². The van der Waals surface area contributed by atoms with Gasteiger partial charge in [0.2, 0.25) is 0 Å². The van der Waals surface area contributed by atoms with Crippen molar-refractivity contribution in [2.45, 2.75) is 172 Å². The number of hydrogen-bond donors (Lipinski definition) is 1. The molecule has 1 aromatic rings. The van der Waals surface area contributed by atoms with E-state index in [1.165, 1.54) is 11.1 Å². The summed E-state index contributed by atoms with van der Waals surface area (Å²) in [6, 6.07) is 7.45. The van der Waals surface area contributed by atoms with Crippen molar-refractivity contribution >= 4 is 35.4 Å². The molecule has 0 radical (unpaired) electrons. The highest BCUT2D eigenvalue weighted by Crippen LogP contribution is 2.77. The number of esters is 1. The van der Waals surface area contributed by atoms with Gasteiger partial charge in [0.1, 0.15) is 11.7 Å². The summed E-state index contributed by atoms with van der Waals surface area (Å²) in [4.78, 5) is 55.6. The normalized spacial score (nSPS) is 34.3. The second-order valence-electron chi connectivity index (χ2n) is 22.4. The highest BCUT2D eigenvalue weighted by Gasteiger charge is 2.70. The zero-order valence-corrected chi connectivity index (χ0v) is 38.4. The first-order valence-electron chi connectivity index (χ1n) is 22.1. The van der Waals surface area contributed by atoms with Crippen molar-refractivity contribution in [1.29, 1.82) is 0 Å². The van der Waals surface area contributed by atoms with Gasteiger partial charge in [0.05, 0.1) is 23.8 Å². The molecule has 5 aliphatic rings. The van der Waals surface area contributed by atoms with Crippen LogP contribution in [-0.4, -0.2) is 52.1 Å². The third-order valence-corrected chi connectivity index (χ3v) is 17.1. The van der Waals surface area contributed by atoms with Crippen LogP contribution < -0.4 is 0 Å². The van der Waals surface area contributed by atoms with Crippen LogP contribution in [-0.2, 0) is 30.4 Å². The molecule has 1 amide bonds. The zero-order chi connectivity index (χ0) is 43.0. The third-order valence-electron chi connectivity index (χ3n) is 16.8. The lowest BCUT2D eigenvalue weighted by Gasteiger charge is -2.72. The van der Waals surface area contributed by atoms with Crippen LogP contribution in [0, 0.1) is 56.2 Å². The number of amides is 1. The molecule has 5 aliphatic carbocycles. The van der Waals surface area contributed by atoms with Crippen LogP contribution in [0.1, 0.15) is 159 Å². The number of hydrogen-bond acceptors (Lipinski definition) is 6. The van der Waals surface area contributed by atoms with Gasteiger partial charge in [0.15, 0.2) is 5.78 Å². The molecule has 0 bridgehead atoms. The van der Waals surface area contributed by atoms with Crippen molar-refractivity contribution in [3.8, 4) is 0 Å². The summed E-state index contributed by atoms with van der Waals surface area (Å²) in [6.07, 6.45) is 8.64. The number of fused-ring (bicyclic) bond motifs is 7. The smallest absolute Gasteiger partial charge is 0.410 e. The third kappa shape index (κ3) is 7.57. The van der Waals surface area contributed by atoms with Crippen molar-refractivity contribution in [2.24, 2.45) is 56.2 Å². The van der Waals surface area contributed by atoms with E-state index in [4.69, 9.17) is 21.1 Å². The fourth-order valence-corrected chi connectivity index (χ4v) is 13.7. The second-order valence-corrected chi connectivity index (χ2v) is 22.8. The van der Waals surface area contributed by atoms with E-state index in [9.17, 15) is 19.5 Å². The summed E-state index contributed by atoms with van der Waals surface area (Å²) in [6.45, 7) is 25.8. The number of carbonyl (C=O) groups excluding carboxylic acids is 3. The van der Waals surface area contributed by atoms with Crippen molar-refractivity contribution < 1.29 is 33.8 Å². The molecule has 8 atom stereocenters. The maximum Gasteiger partial charge on any atom is 0.410 e. The summed E-state index contributed by atoms with van der Waals surface area (Å²) in [5, 5.41) is 10.3. The van der Waals surface area contributed by atoms with Gasteiger partial charge < -0.3 is 14.6 Å². The van der Waals surface area contributed by atoms with Crippen molar-refractivity contribution in [3.05, 3.63) is 46.0 Å². The van der Waals surface area contributed by atoms with Crippen molar-refractivity contribution in [3.63, 3.8) is 0 Å². The Bertz CT molecular complexity index is 1820. The molecule has 4 saturated carbocycles. The van der Waals surface area contributed by atoms with E-state index in [2.05, 4.69) is 48.5 Å². The standard InChI is InChI=1S/C49H72ClNO7/c1-30(2)33-19-24-49(37(52)29-51(42(56)58-43(3,4)5)28-31-13-15-32(50)16-14-31)26-25-47(11)34(40(33)49)17-18-36-46(10)22-21-38(57-39(53)27-44(6,7)41(54)55)45(8,9)35(46)20-23-48(36,47)12/h13-16,30,34-36,38H,17-29H2,1-12H3,(H,54,55)/t34-,35+,36-,38+,46+,47-,48-,49-/m1/s1. The SMILES string of the molecule is CC(C)C1=C2[C@H]3CC[C@@H]4[C@@]5(C)CC[C@H](OC(=O)CC(C)(C)C(=O)O)C(C)(C)[C@@H]5CC[C@@]4(C)[C@]3(C)CC[C@@]2(C(=O)CN(Cc2ccc(Cl)cc2)C(=O)OC(C)(C)C)CC1. The van der Waals surface area contributed by atoms with Gasteiger partial charge >= 0.3 is 18.0 Å². The number of halogens is 1. The van der Waals surface area contributed by atoms with Gasteiger partial charge in [-0.25, -0.2) is 4.79 Å². The maximum absolute atomic E-state index is 15.2. The molecule has 0 heterocycles. The summed E-state index contributed by atoms with van der Waals surface area (Å²) in [5.74, 6) is 0.194. The molecule has 0 spiro atoms. The zero-order valence-electron chi connectivity index (χ0n) is 37.6. The summed E-state index contributed by atoms with van der Waals surface area (Å²) in [7, 11) is 0. The molecule has 0 unspecified atom stereocenters. The number of nitrogens with zero attached hydrogens (tertiary/aromatic N) is 1. The molecule has 9 heteroatoms. The Morgan fingerprint density at radius 2 is 1.50 bits per heavy atom. The predicted molar refractivity (Wildman–Crippen MR) is 228 cm³/mol. The summed E-state index contributed by atoms with van der Waals surface area (Å²) < 4.78 is 12.1. The number of aliphatic carboxylic acids is 1. The number of ketones is 1. The minimum Gasteiger partial charge on any atom is -0.481 e. The van der Waals surface area contributed by atoms with Gasteiger partial charge in [-0.3, -0.25) is 19.3 Å². The van der Waals surface area contributed by atoms with E-state index in [1.807, 2.05) is 45.0 Å².